The Labute approximate surface area is 281 Å². The molecule has 2 aliphatic heterocycles. The van der Waals surface area contributed by atoms with Crippen LogP contribution in [0.15, 0.2) is 60.0 Å². The standard InChI is InChI=1S/C35H37ClF3N5O2S/c1-33(2,3)19-43-15-13-35(14-16-43)20-44(30-26(45)17-23(37)28(29(30)35)21-9-11-22(36)12-10-21)25-8-6-5-7-24(25)40-32(46)42-27-18-47-31(41-27)34(4,38)39/h5-12,17-18,45H,13-16,19-20H2,1-4H3,(H2,40,42,46). The number of carbonyl (C=O) groups is 1. The lowest BCUT2D eigenvalue weighted by Gasteiger charge is -2.42. The molecule has 6 rings (SSSR count). The number of anilines is 4. The molecule has 3 N–H and O–H groups in total. The molecule has 0 radical (unpaired) electrons. The number of urea groups is 1. The Kier molecular flexibility index (Phi) is 8.69. The van der Waals surface area contributed by atoms with Crippen molar-refractivity contribution in [3.05, 3.63) is 81.4 Å². The Balaban J connectivity index is 1.40. The molecule has 0 saturated carbocycles. The second kappa shape index (κ2) is 12.3. The van der Waals surface area contributed by atoms with Crippen LogP contribution in [-0.2, 0) is 11.3 Å². The Morgan fingerprint density at radius 1 is 1.06 bits per heavy atom. The Bertz CT molecular complexity index is 1790. The van der Waals surface area contributed by atoms with E-state index in [1.54, 1.807) is 36.4 Å². The van der Waals surface area contributed by atoms with E-state index < -0.39 is 28.2 Å². The maximum atomic E-state index is 16.1. The second-order valence-corrected chi connectivity index (χ2v) is 15.0. The molecule has 7 nitrogen and oxygen atoms in total. The van der Waals surface area contributed by atoms with Crippen molar-refractivity contribution < 1.29 is 23.1 Å². The number of amides is 2. The summed E-state index contributed by atoms with van der Waals surface area (Å²) in [6.07, 6.45) is 1.47. The lowest BCUT2D eigenvalue weighted by atomic mass is 9.71. The Morgan fingerprint density at radius 3 is 2.38 bits per heavy atom. The Morgan fingerprint density at radius 2 is 1.74 bits per heavy atom. The number of thiazole rings is 1. The van der Waals surface area contributed by atoms with Crippen molar-refractivity contribution in [2.45, 2.75) is 51.9 Å². The lowest BCUT2D eigenvalue weighted by Crippen LogP contribution is -2.47. The summed E-state index contributed by atoms with van der Waals surface area (Å²) in [6.45, 7) is 10.4. The number of phenols is 1. The van der Waals surface area contributed by atoms with Crippen LogP contribution >= 0.6 is 22.9 Å². The highest BCUT2D eigenvalue weighted by Crippen LogP contribution is 2.58. The van der Waals surface area contributed by atoms with E-state index in [2.05, 4.69) is 41.3 Å². The number of fused-ring (bicyclic) bond motifs is 2. The van der Waals surface area contributed by atoms with E-state index in [-0.39, 0.29) is 17.0 Å². The number of phenolic OH excluding ortho intramolecular Hbond substituents is 1. The summed E-state index contributed by atoms with van der Waals surface area (Å²) in [6, 6.07) is 14.7. The van der Waals surface area contributed by atoms with Gasteiger partial charge in [0, 0.05) is 47.5 Å². The minimum absolute atomic E-state index is 0.00900. The molecule has 0 aliphatic carbocycles. The van der Waals surface area contributed by atoms with E-state index in [9.17, 15) is 18.7 Å². The summed E-state index contributed by atoms with van der Waals surface area (Å²) in [7, 11) is 0. The number of carbonyl (C=O) groups excluding carboxylic acids is 1. The molecular weight excluding hydrogens is 647 g/mol. The van der Waals surface area contributed by atoms with Gasteiger partial charge in [0.1, 0.15) is 17.4 Å². The normalized spacial score (nSPS) is 16.4. The third-order valence-electron chi connectivity index (χ3n) is 8.70. The molecule has 47 heavy (non-hydrogen) atoms. The average Bonchev–Trinajstić information content (AvgIpc) is 3.59. The number of alkyl halides is 2. The largest absolute Gasteiger partial charge is 0.506 e. The fraction of sp³-hybridized carbons (Fsp3) is 0.371. The van der Waals surface area contributed by atoms with E-state index in [0.717, 1.165) is 62.4 Å². The van der Waals surface area contributed by atoms with Crippen LogP contribution < -0.4 is 15.5 Å². The molecule has 1 fully saturated rings. The number of nitrogens with one attached hydrogen (secondary N) is 2. The van der Waals surface area contributed by atoms with Gasteiger partial charge in [-0.25, -0.2) is 14.2 Å². The maximum absolute atomic E-state index is 16.1. The number of hydrogen-bond acceptors (Lipinski definition) is 6. The monoisotopic (exact) mass is 683 g/mol. The van der Waals surface area contributed by atoms with Crippen molar-refractivity contribution in [1.29, 1.82) is 0 Å². The third kappa shape index (κ3) is 6.79. The minimum atomic E-state index is -3.12. The first-order chi connectivity index (χ1) is 22.1. The second-order valence-electron chi connectivity index (χ2n) is 13.7. The molecule has 3 heterocycles. The third-order valence-corrected chi connectivity index (χ3v) is 9.97. The number of halogens is 4. The maximum Gasteiger partial charge on any atom is 0.324 e. The van der Waals surface area contributed by atoms with Crippen molar-refractivity contribution in [2.75, 3.05) is 41.7 Å². The van der Waals surface area contributed by atoms with Crippen molar-refractivity contribution in [3.63, 3.8) is 0 Å². The van der Waals surface area contributed by atoms with Crippen LogP contribution in [0.2, 0.25) is 5.02 Å². The number of benzene rings is 3. The molecular formula is C35H37ClF3N5O2S. The van der Waals surface area contributed by atoms with E-state index in [0.29, 0.717) is 39.8 Å². The molecule has 0 atom stereocenters. The van der Waals surface area contributed by atoms with E-state index in [1.807, 2.05) is 17.0 Å². The van der Waals surface area contributed by atoms with Gasteiger partial charge < -0.3 is 20.2 Å². The molecule has 0 bridgehead atoms. The molecule has 3 aromatic carbocycles. The van der Waals surface area contributed by atoms with Gasteiger partial charge in [0.15, 0.2) is 5.01 Å². The first-order valence-corrected chi connectivity index (χ1v) is 16.7. The number of piperidine rings is 1. The topological polar surface area (TPSA) is 80.7 Å². The summed E-state index contributed by atoms with van der Waals surface area (Å²) < 4.78 is 43.5. The van der Waals surface area contributed by atoms with Crippen LogP contribution in [-0.4, -0.2) is 47.2 Å². The number of hydrogen-bond donors (Lipinski definition) is 3. The zero-order chi connectivity index (χ0) is 33.7. The number of nitrogens with zero attached hydrogens (tertiary/aromatic N) is 3. The van der Waals surface area contributed by atoms with Gasteiger partial charge in [-0.2, -0.15) is 8.78 Å². The van der Waals surface area contributed by atoms with Crippen molar-refractivity contribution >= 4 is 51.8 Å². The van der Waals surface area contributed by atoms with Crippen molar-refractivity contribution in [3.8, 4) is 16.9 Å². The zero-order valence-electron chi connectivity index (χ0n) is 26.6. The average molecular weight is 684 g/mol. The quantitative estimate of drug-likeness (QED) is 0.189. The summed E-state index contributed by atoms with van der Waals surface area (Å²) in [4.78, 5) is 21.3. The zero-order valence-corrected chi connectivity index (χ0v) is 28.2. The SMILES string of the molecule is CC(C)(C)CN1CCC2(CC1)CN(c1ccccc1NC(=O)Nc1csc(C(C)(F)F)n1)c1c(O)cc(F)c(-c3ccc(Cl)cc3)c12. The van der Waals surface area contributed by atoms with Gasteiger partial charge >= 0.3 is 6.03 Å². The van der Waals surface area contributed by atoms with Gasteiger partial charge in [-0.3, -0.25) is 5.32 Å². The molecule has 0 unspecified atom stereocenters. The van der Waals surface area contributed by atoms with Crippen molar-refractivity contribution in [2.24, 2.45) is 5.41 Å². The summed E-state index contributed by atoms with van der Waals surface area (Å²) in [5.74, 6) is -3.83. The van der Waals surface area contributed by atoms with E-state index in [4.69, 9.17) is 11.6 Å². The molecule has 2 aliphatic rings. The van der Waals surface area contributed by atoms with Gasteiger partial charge in [-0.15, -0.1) is 11.3 Å². The van der Waals surface area contributed by atoms with Gasteiger partial charge in [0.2, 0.25) is 0 Å². The molecule has 1 aromatic heterocycles. The smallest absolute Gasteiger partial charge is 0.324 e. The first kappa shape index (κ1) is 33.1. The summed E-state index contributed by atoms with van der Waals surface area (Å²) >= 11 is 6.96. The lowest BCUT2D eigenvalue weighted by molar-refractivity contribution is 0.0173. The number of rotatable bonds is 6. The minimum Gasteiger partial charge on any atom is -0.506 e. The van der Waals surface area contributed by atoms with Gasteiger partial charge in [0.05, 0.1) is 17.1 Å². The molecule has 4 aromatic rings. The number of likely N-dealkylation sites (tertiary alicyclic amines) is 1. The molecule has 1 spiro atoms. The summed E-state index contributed by atoms with van der Waals surface area (Å²) in [5, 5.41) is 18.3. The van der Waals surface area contributed by atoms with Crippen LogP contribution in [0.5, 0.6) is 5.75 Å². The number of para-hydroxylation sites is 2. The van der Waals surface area contributed by atoms with Crippen LogP contribution in [0, 0.1) is 11.2 Å². The predicted molar refractivity (Wildman–Crippen MR) is 183 cm³/mol. The Hall–Kier alpha value is -3.80. The highest BCUT2D eigenvalue weighted by Gasteiger charge is 2.49. The van der Waals surface area contributed by atoms with Crippen LogP contribution in [0.3, 0.4) is 0 Å². The number of aromatic hydroxyl groups is 1. The highest BCUT2D eigenvalue weighted by atomic mass is 35.5. The molecule has 12 heteroatoms. The van der Waals surface area contributed by atoms with Crippen LogP contribution in [0.4, 0.5) is 40.8 Å². The van der Waals surface area contributed by atoms with E-state index in [1.165, 1.54) is 5.38 Å². The molecule has 2 amide bonds. The van der Waals surface area contributed by atoms with Crippen LogP contribution in [0.25, 0.3) is 11.1 Å². The summed E-state index contributed by atoms with van der Waals surface area (Å²) in [5.41, 5.74) is 2.95. The fourth-order valence-electron chi connectivity index (χ4n) is 6.82. The highest BCUT2D eigenvalue weighted by molar-refractivity contribution is 7.10. The van der Waals surface area contributed by atoms with Crippen molar-refractivity contribution in [1.82, 2.24) is 9.88 Å². The van der Waals surface area contributed by atoms with Crippen LogP contribution in [0.1, 0.15) is 51.1 Å². The van der Waals surface area contributed by atoms with Gasteiger partial charge in [-0.1, -0.05) is 56.6 Å². The fourth-order valence-corrected chi connectivity index (χ4v) is 7.64. The van der Waals surface area contributed by atoms with Gasteiger partial charge in [-0.05, 0) is 66.7 Å². The van der Waals surface area contributed by atoms with Gasteiger partial charge in [0.25, 0.3) is 5.92 Å². The van der Waals surface area contributed by atoms with E-state index >= 15 is 4.39 Å². The number of aromatic nitrogens is 1. The first-order valence-electron chi connectivity index (χ1n) is 15.5. The predicted octanol–water partition coefficient (Wildman–Crippen LogP) is 9.60. The molecule has 1 saturated heterocycles. The molecule has 248 valence electrons.